The highest BCUT2D eigenvalue weighted by Crippen LogP contribution is 2.22. The van der Waals surface area contributed by atoms with E-state index < -0.39 is 0 Å². The molecule has 1 nitrogen and oxygen atoms in total. The van der Waals surface area contributed by atoms with Gasteiger partial charge in [-0.2, -0.15) is 0 Å². The van der Waals surface area contributed by atoms with E-state index in [2.05, 4.69) is 38.1 Å². The quantitative estimate of drug-likeness (QED) is 0.161. The van der Waals surface area contributed by atoms with Gasteiger partial charge in [0.15, 0.2) is 4.90 Å². The maximum atomic E-state index is 5.84. The molecule has 2 atom stereocenters. The standard InChI is InChI=1S/C29H51OS/c1-3-4-25-31(29-23-16-15-20-27(29)2)26-19-13-11-9-7-5-6-8-10-12-14-21-28-22-17-18-24-30-28/h15-16,20,23,28H,3-14,17-19,21-22,24-26H2,1-2H3/q+1. The fourth-order valence-electron chi connectivity index (χ4n) is 4.80. The summed E-state index contributed by atoms with van der Waals surface area (Å²) < 4.78 is 5.84. The molecule has 2 heteroatoms. The van der Waals surface area contributed by atoms with Gasteiger partial charge < -0.3 is 4.74 Å². The number of unbranched alkanes of at least 4 members (excludes halogenated alkanes) is 11. The minimum absolute atomic E-state index is 0.476. The first-order chi connectivity index (χ1) is 15.3. The van der Waals surface area contributed by atoms with Gasteiger partial charge in [0.05, 0.1) is 6.10 Å². The predicted octanol–water partition coefficient (Wildman–Crippen LogP) is 9.02. The van der Waals surface area contributed by atoms with Gasteiger partial charge in [0.25, 0.3) is 0 Å². The van der Waals surface area contributed by atoms with Crippen molar-refractivity contribution in [1.82, 2.24) is 0 Å². The second-order valence-corrected chi connectivity index (χ2v) is 11.9. The van der Waals surface area contributed by atoms with E-state index in [1.807, 2.05) is 0 Å². The average molecular weight is 448 g/mol. The van der Waals surface area contributed by atoms with Crippen LogP contribution in [0.1, 0.15) is 122 Å². The summed E-state index contributed by atoms with van der Waals surface area (Å²) in [7, 11) is 0.476. The van der Waals surface area contributed by atoms with Crippen molar-refractivity contribution in [3.8, 4) is 0 Å². The van der Waals surface area contributed by atoms with Gasteiger partial charge in [0.2, 0.25) is 0 Å². The molecule has 1 aromatic carbocycles. The summed E-state index contributed by atoms with van der Waals surface area (Å²) in [5, 5.41) is 0. The van der Waals surface area contributed by atoms with Crippen molar-refractivity contribution >= 4 is 10.9 Å². The third-order valence-electron chi connectivity index (χ3n) is 6.84. The molecule has 1 heterocycles. The molecule has 0 saturated carbocycles. The lowest BCUT2D eigenvalue weighted by Gasteiger charge is -2.22. The van der Waals surface area contributed by atoms with Crippen LogP contribution in [-0.2, 0) is 15.6 Å². The fraction of sp³-hybridized carbons (Fsp3) is 0.793. The molecule has 0 radical (unpaired) electrons. The van der Waals surface area contributed by atoms with E-state index in [9.17, 15) is 0 Å². The third-order valence-corrected chi connectivity index (χ3v) is 9.48. The Hall–Kier alpha value is -0.470. The van der Waals surface area contributed by atoms with E-state index in [4.69, 9.17) is 4.74 Å². The zero-order chi connectivity index (χ0) is 22.0. The highest BCUT2D eigenvalue weighted by Gasteiger charge is 2.22. The Bertz CT molecular complexity index is 537. The summed E-state index contributed by atoms with van der Waals surface area (Å²) in [6.45, 7) is 5.63. The van der Waals surface area contributed by atoms with Gasteiger partial charge >= 0.3 is 0 Å². The zero-order valence-electron chi connectivity index (χ0n) is 20.8. The molecule has 1 aliphatic heterocycles. The number of hydrogen-bond acceptors (Lipinski definition) is 1. The topological polar surface area (TPSA) is 9.23 Å². The first-order valence-corrected chi connectivity index (χ1v) is 15.2. The van der Waals surface area contributed by atoms with Crippen LogP contribution in [0.3, 0.4) is 0 Å². The summed E-state index contributed by atoms with van der Waals surface area (Å²) >= 11 is 0. The van der Waals surface area contributed by atoms with Gasteiger partial charge in [-0.25, -0.2) is 0 Å². The predicted molar refractivity (Wildman–Crippen MR) is 140 cm³/mol. The molecule has 0 aliphatic carbocycles. The average Bonchev–Trinajstić information content (AvgIpc) is 2.80. The molecule has 0 spiro atoms. The Morgan fingerprint density at radius 1 is 0.774 bits per heavy atom. The van der Waals surface area contributed by atoms with Crippen LogP contribution in [0.2, 0.25) is 0 Å². The molecular formula is C29H51OS+. The van der Waals surface area contributed by atoms with Gasteiger partial charge in [0.1, 0.15) is 11.5 Å². The molecule has 0 amide bonds. The first kappa shape index (κ1) is 26.8. The molecule has 1 aliphatic rings. The Kier molecular flexibility index (Phi) is 15.6. The van der Waals surface area contributed by atoms with E-state index in [1.165, 1.54) is 126 Å². The lowest BCUT2D eigenvalue weighted by Crippen LogP contribution is -2.18. The van der Waals surface area contributed by atoms with Crippen molar-refractivity contribution in [2.24, 2.45) is 0 Å². The smallest absolute Gasteiger partial charge is 0.157 e. The minimum Gasteiger partial charge on any atom is -0.378 e. The number of hydrogen-bond donors (Lipinski definition) is 0. The molecule has 1 saturated heterocycles. The van der Waals surface area contributed by atoms with Gasteiger partial charge in [-0.05, 0) is 57.9 Å². The Balaban J connectivity index is 1.41. The van der Waals surface area contributed by atoms with Crippen LogP contribution in [0, 0.1) is 6.92 Å². The Morgan fingerprint density at radius 2 is 1.39 bits per heavy atom. The van der Waals surface area contributed by atoms with Gasteiger partial charge in [-0.3, -0.25) is 0 Å². The van der Waals surface area contributed by atoms with Gasteiger partial charge in [-0.1, -0.05) is 89.3 Å². The lowest BCUT2D eigenvalue weighted by molar-refractivity contribution is 0.00977. The first-order valence-electron chi connectivity index (χ1n) is 13.7. The van der Waals surface area contributed by atoms with Crippen molar-refractivity contribution in [2.75, 3.05) is 18.1 Å². The number of ether oxygens (including phenoxy) is 1. The summed E-state index contributed by atoms with van der Waals surface area (Å²) in [6, 6.07) is 9.11. The van der Waals surface area contributed by atoms with Crippen LogP contribution < -0.4 is 0 Å². The molecule has 2 unspecified atom stereocenters. The maximum Gasteiger partial charge on any atom is 0.157 e. The number of benzene rings is 1. The largest absolute Gasteiger partial charge is 0.378 e. The monoisotopic (exact) mass is 447 g/mol. The fourth-order valence-corrected chi connectivity index (χ4v) is 7.42. The van der Waals surface area contributed by atoms with Crippen molar-refractivity contribution < 1.29 is 4.74 Å². The number of rotatable bonds is 18. The van der Waals surface area contributed by atoms with E-state index in [0.717, 1.165) is 6.61 Å². The molecule has 1 aromatic rings. The molecule has 0 N–H and O–H groups in total. The van der Waals surface area contributed by atoms with Crippen molar-refractivity contribution in [3.05, 3.63) is 29.8 Å². The maximum absolute atomic E-state index is 5.84. The van der Waals surface area contributed by atoms with E-state index >= 15 is 0 Å². The molecule has 0 bridgehead atoms. The van der Waals surface area contributed by atoms with Crippen LogP contribution in [-0.4, -0.2) is 24.2 Å². The van der Waals surface area contributed by atoms with Crippen molar-refractivity contribution in [2.45, 2.75) is 134 Å². The van der Waals surface area contributed by atoms with Crippen LogP contribution in [0.5, 0.6) is 0 Å². The van der Waals surface area contributed by atoms with Crippen LogP contribution in [0.4, 0.5) is 0 Å². The normalized spacial score (nSPS) is 17.7. The molecule has 0 aromatic heterocycles. The molecular weight excluding hydrogens is 396 g/mol. The van der Waals surface area contributed by atoms with E-state index in [0.29, 0.717) is 17.0 Å². The van der Waals surface area contributed by atoms with Gasteiger partial charge in [-0.15, -0.1) is 0 Å². The summed E-state index contributed by atoms with van der Waals surface area (Å²) in [4.78, 5) is 1.64. The second-order valence-electron chi connectivity index (χ2n) is 9.69. The summed E-state index contributed by atoms with van der Waals surface area (Å²) in [6.07, 6.45) is 24.4. The highest BCUT2D eigenvalue weighted by molar-refractivity contribution is 7.96. The van der Waals surface area contributed by atoms with E-state index in [1.54, 1.807) is 4.90 Å². The molecule has 178 valence electrons. The van der Waals surface area contributed by atoms with Gasteiger partial charge in [0, 0.05) is 23.1 Å². The molecule has 2 rings (SSSR count). The third kappa shape index (κ3) is 12.4. The minimum atomic E-state index is 0.476. The van der Waals surface area contributed by atoms with Crippen LogP contribution in [0.25, 0.3) is 0 Å². The second kappa shape index (κ2) is 18.0. The van der Waals surface area contributed by atoms with Crippen LogP contribution >= 0.6 is 0 Å². The molecule has 1 fully saturated rings. The van der Waals surface area contributed by atoms with Crippen molar-refractivity contribution in [3.63, 3.8) is 0 Å². The Labute approximate surface area is 197 Å². The zero-order valence-corrected chi connectivity index (χ0v) is 21.7. The highest BCUT2D eigenvalue weighted by atomic mass is 32.2. The summed E-state index contributed by atoms with van der Waals surface area (Å²) in [5.74, 6) is 2.81. The number of aryl methyl sites for hydroxylation is 1. The van der Waals surface area contributed by atoms with Crippen LogP contribution in [0.15, 0.2) is 29.2 Å². The van der Waals surface area contributed by atoms with E-state index in [-0.39, 0.29) is 0 Å². The lowest BCUT2D eigenvalue weighted by atomic mass is 10.0. The molecule has 31 heavy (non-hydrogen) atoms. The Morgan fingerprint density at radius 3 is 2.00 bits per heavy atom. The summed E-state index contributed by atoms with van der Waals surface area (Å²) in [5.41, 5.74) is 1.50. The van der Waals surface area contributed by atoms with Crippen molar-refractivity contribution in [1.29, 1.82) is 0 Å². The SMILES string of the molecule is CCCC[S+](CCCCCCCCCCCCCC1CCCCO1)c1ccccc1C.